The summed E-state index contributed by atoms with van der Waals surface area (Å²) < 4.78 is 14.8. The molecule has 0 aliphatic carbocycles. The maximum Gasteiger partial charge on any atom is 0.410 e. The van der Waals surface area contributed by atoms with Crippen LogP contribution in [0.2, 0.25) is 5.28 Å². The molecular formula is C72H89ClN16O8. The van der Waals surface area contributed by atoms with Gasteiger partial charge >= 0.3 is 12.2 Å². The molecule has 0 radical (unpaired) electrons. The van der Waals surface area contributed by atoms with Crippen molar-refractivity contribution in [1.29, 1.82) is 0 Å². The number of amides is 6. The molecule has 3 N–H and O–H groups in total. The van der Waals surface area contributed by atoms with E-state index in [1.54, 1.807) is 103 Å². The highest BCUT2D eigenvalue weighted by Gasteiger charge is 2.47. The number of nitrogens with one attached hydrogen (secondary N) is 1. The van der Waals surface area contributed by atoms with Crippen LogP contribution in [0.3, 0.4) is 0 Å². The Hall–Kier alpha value is -9.71. The van der Waals surface area contributed by atoms with Gasteiger partial charge in [-0.15, -0.1) is 0 Å². The molecule has 4 aliphatic rings. The zero-order valence-corrected chi connectivity index (χ0v) is 59.1. The molecule has 4 saturated heterocycles. The van der Waals surface area contributed by atoms with Gasteiger partial charge in [0.2, 0.25) is 11.2 Å². The molecule has 4 atom stereocenters. The summed E-state index contributed by atoms with van der Waals surface area (Å²) in [4.78, 5) is 114. The van der Waals surface area contributed by atoms with Crippen LogP contribution in [0.5, 0.6) is 0 Å². The van der Waals surface area contributed by atoms with Crippen molar-refractivity contribution in [2.45, 2.75) is 155 Å². The molecule has 6 aromatic heterocycles. The highest BCUT2D eigenvalue weighted by molar-refractivity contribution is 6.28. The average molecular weight is 1340 g/mol. The summed E-state index contributed by atoms with van der Waals surface area (Å²) in [6, 6.07) is 26.6. The highest BCUT2D eigenvalue weighted by Crippen LogP contribution is 2.36. The second-order valence-electron chi connectivity index (χ2n) is 29.6. The standard InChI is InChI=1S/C36H44N8O4.C19H21ClN4O.C17H24N4O3/c1-35(2,3)24-10-12-25(13-11-24)44-28(32(46)41(7)8)17-23-19-38-33(40-30(23)44)39-29-16-9-22(18-37-29)31(45)42-20-26-14-15-27(21-42)43(26)34(47)48-36(4,5)6;1-19(2,3)13-6-8-14(9-7-13)24-15(17(25)23(4)5)10-12-11-21-18(20)22-16(12)24;1-17(2,3)24-16(23)21-12-5-6-13(21)10-20(9-12)15(22)11-4-7-14(18)19-8-11/h9-13,16-19,26-27H,14-15,20-21H2,1-8H3,(H,37,38,39,40);6-11H,1-5H3;4,7-8,12-13H,5-6,9-10H2,1-3H3,(H2,18,19). The van der Waals surface area contributed by atoms with Gasteiger partial charge in [-0.05, 0) is 161 Å². The molecular weight excluding hydrogens is 1250 g/mol. The summed E-state index contributed by atoms with van der Waals surface area (Å²) in [6.45, 7) is 26.1. The van der Waals surface area contributed by atoms with Gasteiger partial charge in [0, 0.05) is 101 Å². The number of piperazine rings is 2. The fourth-order valence-electron chi connectivity index (χ4n) is 12.5. The lowest BCUT2D eigenvalue weighted by atomic mass is 9.87. The van der Waals surface area contributed by atoms with E-state index in [9.17, 15) is 28.8 Å². The second kappa shape index (κ2) is 27.4. The number of benzene rings is 2. The molecule has 24 nitrogen and oxygen atoms in total. The minimum atomic E-state index is -0.571. The Kier molecular flexibility index (Phi) is 19.8. The van der Waals surface area contributed by atoms with Crippen LogP contribution in [0.1, 0.15) is 162 Å². The van der Waals surface area contributed by atoms with Crippen molar-refractivity contribution in [3.8, 4) is 11.4 Å². The molecule has 0 saturated carbocycles. The smallest absolute Gasteiger partial charge is 0.410 e. The molecule has 4 aliphatic heterocycles. The van der Waals surface area contributed by atoms with Crippen LogP contribution in [-0.2, 0) is 20.3 Å². The number of hydrogen-bond donors (Lipinski definition) is 2. The summed E-state index contributed by atoms with van der Waals surface area (Å²) >= 11 is 5.98. The number of likely N-dealkylation sites (tertiary alicyclic amines) is 2. The van der Waals surface area contributed by atoms with Gasteiger partial charge in [-0.2, -0.15) is 9.97 Å². The average Bonchev–Trinajstić information content (AvgIpc) is 2.10. The number of nitrogens with two attached hydrogens (primary N) is 1. The van der Waals surface area contributed by atoms with Gasteiger partial charge < -0.3 is 40.1 Å². The first-order valence-electron chi connectivity index (χ1n) is 32.6. The number of pyridine rings is 2. The van der Waals surface area contributed by atoms with Crippen molar-refractivity contribution in [3.05, 3.63) is 149 Å². The Bertz CT molecular complexity index is 4210. The van der Waals surface area contributed by atoms with Gasteiger partial charge in [0.15, 0.2) is 5.65 Å². The first-order valence-corrected chi connectivity index (χ1v) is 33.0. The number of hydrogen-bond acceptors (Lipinski definition) is 16. The second-order valence-corrected chi connectivity index (χ2v) is 29.9. The van der Waals surface area contributed by atoms with E-state index in [1.807, 2.05) is 84.7 Å². The fourth-order valence-corrected chi connectivity index (χ4v) is 12.6. The van der Waals surface area contributed by atoms with E-state index in [1.165, 1.54) is 17.3 Å². The fraction of sp³-hybridized carbons (Fsp3) is 0.444. The molecule has 25 heteroatoms. The van der Waals surface area contributed by atoms with Crippen molar-refractivity contribution >= 4 is 87.1 Å². The van der Waals surface area contributed by atoms with E-state index >= 15 is 0 Å². The molecule has 0 spiro atoms. The molecule has 4 bridgehead atoms. The molecule has 10 heterocycles. The van der Waals surface area contributed by atoms with Crippen molar-refractivity contribution in [2.75, 3.05) is 65.4 Å². The monoisotopic (exact) mass is 1340 g/mol. The van der Waals surface area contributed by atoms with Crippen LogP contribution in [-0.4, -0.2) is 194 Å². The Morgan fingerprint density at radius 1 is 0.505 bits per heavy atom. The van der Waals surface area contributed by atoms with Gasteiger partial charge in [0.25, 0.3) is 23.6 Å². The van der Waals surface area contributed by atoms with Gasteiger partial charge in [0.05, 0.1) is 35.3 Å². The molecule has 6 amide bonds. The SMILES string of the molecule is CC(C)(C)OC(=O)N1C2CCC1CN(C(=O)c1ccc(N)nc1)C2.CN(C)C(=O)c1cc2cnc(Cl)nc2n1-c1ccc(C(C)(C)C)cc1.CN(C)C(=O)c1cc2cnc(Nc3ccc(C(=O)N4CC5CCC(C4)N5C(=O)OC(C)(C)C)cn3)nc2n1-c1ccc(C(C)(C)C)cc1. The first kappa shape index (κ1) is 70.1. The maximum atomic E-state index is 13.5. The van der Waals surface area contributed by atoms with Crippen molar-refractivity contribution < 1.29 is 38.2 Å². The largest absolute Gasteiger partial charge is 0.444 e. The normalized spacial score (nSPS) is 17.6. The predicted molar refractivity (Wildman–Crippen MR) is 374 cm³/mol. The Morgan fingerprint density at radius 2 is 0.897 bits per heavy atom. The molecule has 4 fully saturated rings. The molecule has 2 aromatic carbocycles. The zero-order chi connectivity index (χ0) is 70.4. The van der Waals surface area contributed by atoms with Gasteiger partial charge in [-0.3, -0.25) is 38.1 Å². The third-order valence-corrected chi connectivity index (χ3v) is 17.5. The summed E-state index contributed by atoms with van der Waals surface area (Å²) in [5.41, 5.74) is 11.8. The van der Waals surface area contributed by atoms with Gasteiger partial charge in [-0.25, -0.2) is 29.5 Å². The van der Waals surface area contributed by atoms with Crippen LogP contribution in [0.25, 0.3) is 33.4 Å². The summed E-state index contributed by atoms with van der Waals surface area (Å²) in [6.07, 6.45) is 9.24. The van der Waals surface area contributed by atoms with Crippen LogP contribution in [0, 0.1) is 0 Å². The van der Waals surface area contributed by atoms with Crippen LogP contribution < -0.4 is 11.1 Å². The van der Waals surface area contributed by atoms with E-state index in [0.29, 0.717) is 77.6 Å². The van der Waals surface area contributed by atoms with E-state index < -0.39 is 11.2 Å². The number of carbonyl (C=O) groups is 6. The van der Waals surface area contributed by atoms with E-state index in [0.717, 1.165) is 47.8 Å². The number of nitrogen functional groups attached to an aromatic ring is 1. The van der Waals surface area contributed by atoms with Gasteiger partial charge in [0.1, 0.15) is 39.9 Å². The minimum absolute atomic E-state index is 0.0115. The molecule has 97 heavy (non-hydrogen) atoms. The van der Waals surface area contributed by atoms with E-state index in [2.05, 4.69) is 96.0 Å². The number of anilines is 3. The summed E-state index contributed by atoms with van der Waals surface area (Å²) in [5, 5.41) is 4.80. The highest BCUT2D eigenvalue weighted by atomic mass is 35.5. The first-order chi connectivity index (χ1) is 45.5. The third kappa shape index (κ3) is 15.9. The number of rotatable bonds is 8. The number of ether oxygens (including phenoxy) is 2. The number of halogens is 1. The van der Waals surface area contributed by atoms with Crippen molar-refractivity contribution in [2.24, 2.45) is 0 Å². The van der Waals surface area contributed by atoms with E-state index in [-0.39, 0.29) is 76.1 Å². The topological polar surface area (TPSA) is 266 Å². The van der Waals surface area contributed by atoms with Gasteiger partial charge in [-0.1, -0.05) is 65.8 Å². The zero-order valence-electron chi connectivity index (χ0n) is 58.3. The number of carbonyl (C=O) groups excluding carboxylic acids is 6. The van der Waals surface area contributed by atoms with Crippen molar-refractivity contribution in [3.63, 3.8) is 0 Å². The van der Waals surface area contributed by atoms with E-state index in [4.69, 9.17) is 31.8 Å². The summed E-state index contributed by atoms with van der Waals surface area (Å²) in [7, 11) is 6.90. The molecule has 8 aromatic rings. The minimum Gasteiger partial charge on any atom is -0.444 e. The molecule has 512 valence electrons. The van der Waals surface area contributed by atoms with Crippen LogP contribution >= 0.6 is 11.6 Å². The third-order valence-electron chi connectivity index (χ3n) is 17.3. The number of aromatic nitrogens is 8. The Balaban J connectivity index is 0.000000175. The maximum absolute atomic E-state index is 13.5. The van der Waals surface area contributed by atoms with Crippen LogP contribution in [0.15, 0.2) is 110 Å². The molecule has 12 rings (SSSR count). The lowest BCUT2D eigenvalue weighted by Gasteiger charge is -2.41. The lowest BCUT2D eigenvalue weighted by molar-refractivity contribution is -0.00386. The lowest BCUT2D eigenvalue weighted by Crippen LogP contribution is -2.57. The van der Waals surface area contributed by atoms with Crippen molar-refractivity contribution in [1.82, 2.24) is 68.4 Å². The quantitative estimate of drug-likeness (QED) is 0.134. The molecule has 4 unspecified atom stereocenters. The number of fused-ring (bicyclic) bond motifs is 6. The Labute approximate surface area is 571 Å². The Morgan fingerprint density at radius 3 is 1.26 bits per heavy atom. The van der Waals surface area contributed by atoms with Crippen LogP contribution in [0.4, 0.5) is 27.2 Å². The number of nitrogens with zero attached hydrogens (tertiary/aromatic N) is 14. The predicted octanol–water partition coefficient (Wildman–Crippen LogP) is 11.7. The summed E-state index contributed by atoms with van der Waals surface area (Å²) in [5.74, 6) is 0.722.